The van der Waals surface area contributed by atoms with Gasteiger partial charge in [-0.15, -0.1) is 10.2 Å². The molecule has 0 fully saturated rings. The first-order valence-electron chi connectivity index (χ1n) is 8.22. The second kappa shape index (κ2) is 7.97. The van der Waals surface area contributed by atoms with E-state index in [-0.39, 0.29) is 11.6 Å². The van der Waals surface area contributed by atoms with E-state index in [0.29, 0.717) is 17.4 Å². The molecule has 0 spiro atoms. The summed E-state index contributed by atoms with van der Waals surface area (Å²) < 4.78 is 0. The van der Waals surface area contributed by atoms with Gasteiger partial charge in [0.15, 0.2) is 5.69 Å². The lowest BCUT2D eigenvalue weighted by atomic mass is 10.1. The summed E-state index contributed by atoms with van der Waals surface area (Å²) in [5, 5.41) is 14.8. The zero-order valence-electron chi connectivity index (χ0n) is 14.6. The lowest BCUT2D eigenvalue weighted by Gasteiger charge is -2.10. The van der Waals surface area contributed by atoms with Crippen molar-refractivity contribution in [3.63, 3.8) is 0 Å². The minimum absolute atomic E-state index is 0.267. The van der Waals surface area contributed by atoms with E-state index in [1.165, 1.54) is 0 Å². The van der Waals surface area contributed by atoms with Crippen LogP contribution in [-0.2, 0) is 6.54 Å². The Morgan fingerprint density at radius 2 is 1.77 bits per heavy atom. The van der Waals surface area contributed by atoms with Crippen molar-refractivity contribution in [1.82, 2.24) is 10.2 Å². The highest BCUT2D eigenvalue weighted by Crippen LogP contribution is 2.18. The molecule has 0 radical (unpaired) electrons. The highest BCUT2D eigenvalue weighted by atomic mass is 35.5. The van der Waals surface area contributed by atoms with Crippen LogP contribution in [0.25, 0.3) is 0 Å². The van der Waals surface area contributed by atoms with Crippen LogP contribution in [0.15, 0.2) is 54.6 Å². The molecule has 0 saturated heterocycles. The zero-order valence-corrected chi connectivity index (χ0v) is 15.3. The second-order valence-corrected chi connectivity index (χ2v) is 6.42. The third-order valence-electron chi connectivity index (χ3n) is 4.14. The molecule has 0 aliphatic heterocycles. The Morgan fingerprint density at radius 3 is 2.46 bits per heavy atom. The minimum atomic E-state index is -0.282. The van der Waals surface area contributed by atoms with Crippen molar-refractivity contribution in [2.24, 2.45) is 0 Å². The quantitative estimate of drug-likeness (QED) is 0.691. The Labute approximate surface area is 157 Å². The fraction of sp³-hybridized carbons (Fsp3) is 0.150. The Hall–Kier alpha value is -2.92. The number of hydrogen-bond acceptors (Lipinski definition) is 4. The maximum absolute atomic E-state index is 12.4. The number of carbonyl (C=O) groups is 1. The Morgan fingerprint density at radius 1 is 1.00 bits per heavy atom. The topological polar surface area (TPSA) is 66.9 Å². The first kappa shape index (κ1) is 17.9. The number of amides is 1. The summed E-state index contributed by atoms with van der Waals surface area (Å²) in [5.74, 6) is 0.318. The molecule has 1 amide bonds. The van der Waals surface area contributed by atoms with Gasteiger partial charge in [0.1, 0.15) is 5.82 Å². The van der Waals surface area contributed by atoms with Gasteiger partial charge >= 0.3 is 0 Å². The average molecular weight is 367 g/mol. The van der Waals surface area contributed by atoms with Gasteiger partial charge in [-0.05, 0) is 60.9 Å². The number of hydrogen-bond donors (Lipinski definition) is 2. The summed E-state index contributed by atoms with van der Waals surface area (Å²) in [6.07, 6.45) is 0. The van der Waals surface area contributed by atoms with Crippen molar-refractivity contribution >= 4 is 29.0 Å². The molecule has 0 unspecified atom stereocenters. The molecule has 0 saturated carbocycles. The summed E-state index contributed by atoms with van der Waals surface area (Å²) in [7, 11) is 0. The van der Waals surface area contributed by atoms with Crippen LogP contribution in [0.5, 0.6) is 0 Å². The van der Waals surface area contributed by atoms with Gasteiger partial charge < -0.3 is 10.6 Å². The van der Waals surface area contributed by atoms with Gasteiger partial charge in [0, 0.05) is 17.3 Å². The maximum atomic E-state index is 12.4. The van der Waals surface area contributed by atoms with E-state index in [9.17, 15) is 4.79 Å². The van der Waals surface area contributed by atoms with Crippen molar-refractivity contribution in [3.8, 4) is 0 Å². The zero-order chi connectivity index (χ0) is 18.5. The number of nitrogens with zero attached hydrogens (tertiary/aromatic N) is 2. The van der Waals surface area contributed by atoms with Crippen LogP contribution < -0.4 is 10.6 Å². The molecule has 1 aromatic heterocycles. The van der Waals surface area contributed by atoms with Gasteiger partial charge in [0.25, 0.3) is 5.91 Å². The van der Waals surface area contributed by atoms with Gasteiger partial charge in [-0.25, -0.2) is 0 Å². The van der Waals surface area contributed by atoms with Crippen LogP contribution in [0.1, 0.15) is 27.2 Å². The second-order valence-electron chi connectivity index (χ2n) is 5.99. The summed E-state index contributed by atoms with van der Waals surface area (Å²) in [6.45, 7) is 4.58. The summed E-state index contributed by atoms with van der Waals surface area (Å²) in [6, 6.07) is 16.7. The molecule has 0 aliphatic carbocycles. The van der Waals surface area contributed by atoms with Crippen molar-refractivity contribution in [3.05, 3.63) is 82.0 Å². The fourth-order valence-corrected chi connectivity index (χ4v) is 2.54. The minimum Gasteiger partial charge on any atom is -0.365 e. The lowest BCUT2D eigenvalue weighted by Crippen LogP contribution is -2.15. The number of benzene rings is 2. The molecule has 0 bridgehead atoms. The first-order valence-corrected chi connectivity index (χ1v) is 8.60. The summed E-state index contributed by atoms with van der Waals surface area (Å²) in [5.41, 5.74) is 4.28. The molecule has 0 atom stereocenters. The van der Waals surface area contributed by atoms with Gasteiger partial charge in [-0.3, -0.25) is 4.79 Å². The average Bonchev–Trinajstić information content (AvgIpc) is 2.65. The molecule has 26 heavy (non-hydrogen) atoms. The number of carbonyl (C=O) groups excluding carboxylic acids is 1. The number of anilines is 2. The van der Waals surface area contributed by atoms with E-state index < -0.39 is 0 Å². The van der Waals surface area contributed by atoms with E-state index in [0.717, 1.165) is 22.4 Å². The third-order valence-corrected chi connectivity index (χ3v) is 4.39. The van der Waals surface area contributed by atoms with Crippen molar-refractivity contribution in [2.45, 2.75) is 20.4 Å². The SMILES string of the molecule is Cc1cccc(NC(=O)c2ccc(NCc3ccc(Cl)cc3)nn2)c1C. The van der Waals surface area contributed by atoms with Crippen LogP contribution in [0, 0.1) is 13.8 Å². The summed E-state index contributed by atoms with van der Waals surface area (Å²) in [4.78, 5) is 12.4. The molecule has 0 aliphatic rings. The van der Waals surface area contributed by atoms with Gasteiger partial charge in [0.05, 0.1) is 0 Å². The van der Waals surface area contributed by atoms with E-state index >= 15 is 0 Å². The van der Waals surface area contributed by atoms with Crippen molar-refractivity contribution in [1.29, 1.82) is 0 Å². The standard InChI is InChI=1S/C20H19ClN4O/c1-13-4-3-5-17(14(13)2)23-20(26)18-10-11-19(25-24-18)22-12-15-6-8-16(21)9-7-15/h3-11H,12H2,1-2H3,(H,22,25)(H,23,26). The molecule has 5 nitrogen and oxygen atoms in total. The van der Waals surface area contributed by atoms with E-state index in [2.05, 4.69) is 20.8 Å². The Kier molecular flexibility index (Phi) is 5.49. The van der Waals surface area contributed by atoms with Crippen LogP contribution in [0.4, 0.5) is 11.5 Å². The monoisotopic (exact) mass is 366 g/mol. The van der Waals surface area contributed by atoms with E-state index in [4.69, 9.17) is 11.6 Å². The number of rotatable bonds is 5. The van der Waals surface area contributed by atoms with Crippen LogP contribution in [0.3, 0.4) is 0 Å². The number of halogens is 1. The van der Waals surface area contributed by atoms with Gasteiger partial charge in [-0.2, -0.15) is 0 Å². The Bertz CT molecular complexity index is 908. The molecule has 3 aromatic rings. The molecular weight excluding hydrogens is 348 g/mol. The fourth-order valence-electron chi connectivity index (χ4n) is 2.42. The molecule has 3 rings (SSSR count). The van der Waals surface area contributed by atoms with Crippen molar-refractivity contribution < 1.29 is 4.79 Å². The van der Waals surface area contributed by atoms with Crippen LogP contribution in [-0.4, -0.2) is 16.1 Å². The van der Waals surface area contributed by atoms with Crippen LogP contribution in [0.2, 0.25) is 5.02 Å². The van der Waals surface area contributed by atoms with E-state index in [1.807, 2.05) is 56.3 Å². The normalized spacial score (nSPS) is 10.4. The maximum Gasteiger partial charge on any atom is 0.276 e. The highest BCUT2D eigenvalue weighted by Gasteiger charge is 2.10. The summed E-state index contributed by atoms with van der Waals surface area (Å²) >= 11 is 5.87. The molecule has 1 heterocycles. The molecule has 2 aromatic carbocycles. The highest BCUT2D eigenvalue weighted by molar-refractivity contribution is 6.30. The number of aromatic nitrogens is 2. The molecule has 2 N–H and O–H groups in total. The predicted molar refractivity (Wildman–Crippen MR) is 105 cm³/mol. The van der Waals surface area contributed by atoms with E-state index in [1.54, 1.807) is 12.1 Å². The lowest BCUT2D eigenvalue weighted by molar-refractivity contribution is 0.102. The molecular formula is C20H19ClN4O. The largest absolute Gasteiger partial charge is 0.365 e. The predicted octanol–water partition coefficient (Wildman–Crippen LogP) is 4.61. The molecule has 6 heteroatoms. The van der Waals surface area contributed by atoms with Gasteiger partial charge in [0.2, 0.25) is 0 Å². The van der Waals surface area contributed by atoms with Crippen molar-refractivity contribution in [2.75, 3.05) is 10.6 Å². The van der Waals surface area contributed by atoms with Gasteiger partial charge in [-0.1, -0.05) is 35.9 Å². The number of nitrogens with one attached hydrogen (secondary N) is 2. The number of aryl methyl sites for hydroxylation is 1. The molecule has 132 valence electrons. The first-order chi connectivity index (χ1) is 12.5. The Balaban J connectivity index is 1.62. The van der Waals surface area contributed by atoms with Crippen LogP contribution >= 0.6 is 11.6 Å². The third kappa shape index (κ3) is 4.37. The smallest absolute Gasteiger partial charge is 0.276 e.